The summed E-state index contributed by atoms with van der Waals surface area (Å²) in [7, 11) is 0. The number of carbonyl (C=O) groups is 1. The van der Waals surface area contributed by atoms with Crippen LogP contribution in [0.3, 0.4) is 0 Å². The minimum atomic E-state index is -0.517. The predicted molar refractivity (Wildman–Crippen MR) is 134 cm³/mol. The van der Waals surface area contributed by atoms with Gasteiger partial charge in [-0.25, -0.2) is 4.79 Å². The summed E-state index contributed by atoms with van der Waals surface area (Å²) in [4.78, 5) is 42.9. The summed E-state index contributed by atoms with van der Waals surface area (Å²) in [6.07, 6.45) is 4.65. The molecule has 32 heavy (non-hydrogen) atoms. The second-order valence-corrected chi connectivity index (χ2v) is 9.01. The Morgan fingerprint density at radius 1 is 1.25 bits per heavy atom. The van der Waals surface area contributed by atoms with Crippen LogP contribution in [0.5, 0.6) is 0 Å². The van der Waals surface area contributed by atoms with Gasteiger partial charge in [-0.15, -0.1) is 11.8 Å². The summed E-state index contributed by atoms with van der Waals surface area (Å²) in [6, 6.07) is 7.63. The summed E-state index contributed by atoms with van der Waals surface area (Å²) in [5, 5.41) is 2.95. The highest BCUT2D eigenvalue weighted by Crippen LogP contribution is 2.25. The number of unbranched alkanes of at least 4 members (excludes halogenated alkanes) is 1. The van der Waals surface area contributed by atoms with Crippen LogP contribution in [-0.4, -0.2) is 34.8 Å². The number of hydrogen-bond acceptors (Lipinski definition) is 6. The number of nitrogens with one attached hydrogen (secondary N) is 2. The van der Waals surface area contributed by atoms with Crippen LogP contribution in [0.1, 0.15) is 46.5 Å². The van der Waals surface area contributed by atoms with Gasteiger partial charge < -0.3 is 16.0 Å². The Morgan fingerprint density at radius 2 is 1.97 bits per heavy atom. The number of nitrogens with zero attached hydrogens (tertiary/aromatic N) is 2. The van der Waals surface area contributed by atoms with Crippen LogP contribution >= 0.6 is 11.8 Å². The first-order valence-corrected chi connectivity index (χ1v) is 12.3. The summed E-state index contributed by atoms with van der Waals surface area (Å²) in [5.74, 6) is 0.422. The van der Waals surface area contributed by atoms with E-state index >= 15 is 0 Å². The molecule has 0 aliphatic carbocycles. The average molecular weight is 462 g/mol. The fourth-order valence-electron chi connectivity index (χ4n) is 3.37. The SMILES string of the molecule is CCCCn1c(N)c(N(CCC(=O)Nc2ccccc2SC)CCC(C)C)c(=O)[nH]c1=O. The molecule has 0 unspecified atom stereocenters. The van der Waals surface area contributed by atoms with Crippen LogP contribution in [0.15, 0.2) is 38.8 Å². The average Bonchev–Trinajstić information content (AvgIpc) is 2.75. The van der Waals surface area contributed by atoms with Crippen molar-refractivity contribution in [2.75, 3.05) is 35.3 Å². The molecule has 9 heteroatoms. The van der Waals surface area contributed by atoms with Crippen molar-refractivity contribution in [1.82, 2.24) is 9.55 Å². The van der Waals surface area contributed by atoms with Gasteiger partial charge in [-0.3, -0.25) is 19.1 Å². The third kappa shape index (κ3) is 6.91. The number of amides is 1. The number of nitrogens with two attached hydrogens (primary N) is 1. The first kappa shape index (κ1) is 25.6. The quantitative estimate of drug-likeness (QED) is 0.417. The summed E-state index contributed by atoms with van der Waals surface area (Å²) in [5.41, 5.74) is 6.31. The molecule has 1 amide bonds. The standard InChI is InChI=1S/C23H35N5O3S/c1-5-6-13-28-21(24)20(22(30)26-23(28)31)27(14-11-16(2)3)15-12-19(29)25-17-9-7-8-10-18(17)32-4/h7-10,16H,5-6,11-15,24H2,1-4H3,(H,25,29)(H,26,30,31). The van der Waals surface area contributed by atoms with Crippen LogP contribution in [0.4, 0.5) is 17.2 Å². The largest absolute Gasteiger partial charge is 0.383 e. The molecule has 0 bridgehead atoms. The number of benzene rings is 1. The van der Waals surface area contributed by atoms with Crippen LogP contribution < -0.4 is 27.2 Å². The van der Waals surface area contributed by atoms with Crippen molar-refractivity contribution in [3.8, 4) is 0 Å². The zero-order chi connectivity index (χ0) is 23.7. The minimum absolute atomic E-state index is 0.143. The van der Waals surface area contributed by atoms with Crippen molar-refractivity contribution in [2.24, 2.45) is 5.92 Å². The van der Waals surface area contributed by atoms with Gasteiger partial charge in [-0.1, -0.05) is 39.3 Å². The Balaban J connectivity index is 2.26. The molecule has 1 heterocycles. The molecule has 0 saturated heterocycles. The Morgan fingerprint density at radius 3 is 2.62 bits per heavy atom. The third-order valence-electron chi connectivity index (χ3n) is 5.23. The second-order valence-electron chi connectivity index (χ2n) is 8.17. The number of hydrogen-bond donors (Lipinski definition) is 3. The molecular formula is C23H35N5O3S. The second kappa shape index (κ2) is 12.4. The van der Waals surface area contributed by atoms with Gasteiger partial charge in [0.2, 0.25) is 5.91 Å². The molecule has 0 fully saturated rings. The first-order chi connectivity index (χ1) is 15.3. The number of anilines is 3. The van der Waals surface area contributed by atoms with Gasteiger partial charge in [0.1, 0.15) is 11.5 Å². The van der Waals surface area contributed by atoms with E-state index in [1.165, 1.54) is 4.57 Å². The van der Waals surface area contributed by atoms with Crippen molar-refractivity contribution >= 4 is 34.9 Å². The Kier molecular flexibility index (Phi) is 9.90. The number of aromatic amines is 1. The number of nitrogen functional groups attached to an aromatic ring is 1. The maximum absolute atomic E-state index is 12.7. The van der Waals surface area contributed by atoms with Crippen molar-refractivity contribution in [2.45, 2.75) is 57.9 Å². The minimum Gasteiger partial charge on any atom is -0.383 e. The lowest BCUT2D eigenvalue weighted by Crippen LogP contribution is -2.40. The third-order valence-corrected chi connectivity index (χ3v) is 6.03. The highest BCUT2D eigenvalue weighted by atomic mass is 32.2. The monoisotopic (exact) mass is 461 g/mol. The zero-order valence-corrected chi connectivity index (χ0v) is 20.3. The molecule has 0 atom stereocenters. The highest BCUT2D eigenvalue weighted by molar-refractivity contribution is 7.98. The molecule has 0 radical (unpaired) electrons. The molecule has 1 aromatic carbocycles. The Bertz CT molecular complexity index is 1020. The number of para-hydroxylation sites is 1. The van der Waals surface area contributed by atoms with Crippen LogP contribution in [0.25, 0.3) is 0 Å². The molecule has 0 aliphatic heterocycles. The maximum Gasteiger partial charge on any atom is 0.330 e. The topological polar surface area (TPSA) is 113 Å². The lowest BCUT2D eigenvalue weighted by atomic mass is 10.1. The van der Waals surface area contributed by atoms with E-state index in [2.05, 4.69) is 24.1 Å². The van der Waals surface area contributed by atoms with E-state index in [0.29, 0.717) is 25.6 Å². The van der Waals surface area contributed by atoms with Crippen LogP contribution in [-0.2, 0) is 11.3 Å². The van der Waals surface area contributed by atoms with Crippen molar-refractivity contribution in [3.05, 3.63) is 45.1 Å². The number of rotatable bonds is 12. The molecule has 176 valence electrons. The lowest BCUT2D eigenvalue weighted by Gasteiger charge is -2.27. The predicted octanol–water partition coefficient (Wildman–Crippen LogP) is 3.52. The first-order valence-electron chi connectivity index (χ1n) is 11.1. The molecule has 8 nitrogen and oxygen atoms in total. The van der Waals surface area contributed by atoms with Crippen molar-refractivity contribution < 1.29 is 4.79 Å². The highest BCUT2D eigenvalue weighted by Gasteiger charge is 2.20. The Hall–Kier alpha value is -2.68. The molecule has 0 spiro atoms. The van der Waals surface area contributed by atoms with Gasteiger partial charge in [0.05, 0.1) is 5.69 Å². The molecule has 4 N–H and O–H groups in total. The fourth-order valence-corrected chi connectivity index (χ4v) is 3.92. The van der Waals surface area contributed by atoms with Gasteiger partial charge in [-0.05, 0) is 37.1 Å². The fraction of sp³-hybridized carbons (Fsp3) is 0.522. The molecular weight excluding hydrogens is 426 g/mol. The van der Waals surface area contributed by atoms with E-state index in [1.54, 1.807) is 11.8 Å². The molecule has 0 aliphatic rings. The smallest absolute Gasteiger partial charge is 0.330 e. The van der Waals surface area contributed by atoms with E-state index in [1.807, 2.05) is 42.3 Å². The molecule has 2 rings (SSSR count). The maximum atomic E-state index is 12.7. The van der Waals surface area contributed by atoms with Gasteiger partial charge in [0, 0.05) is 31.0 Å². The van der Waals surface area contributed by atoms with Gasteiger partial charge in [0.15, 0.2) is 0 Å². The van der Waals surface area contributed by atoms with Gasteiger partial charge in [0.25, 0.3) is 5.56 Å². The zero-order valence-electron chi connectivity index (χ0n) is 19.4. The normalized spacial score (nSPS) is 11.0. The summed E-state index contributed by atoms with van der Waals surface area (Å²) in [6.45, 7) is 7.54. The van der Waals surface area contributed by atoms with E-state index in [9.17, 15) is 14.4 Å². The van der Waals surface area contributed by atoms with Crippen molar-refractivity contribution in [3.63, 3.8) is 0 Å². The lowest BCUT2D eigenvalue weighted by molar-refractivity contribution is -0.116. The van der Waals surface area contributed by atoms with E-state index in [-0.39, 0.29) is 23.8 Å². The number of H-pyrrole nitrogens is 1. The number of carbonyl (C=O) groups excluding carboxylic acids is 1. The van der Waals surface area contributed by atoms with E-state index in [4.69, 9.17) is 5.73 Å². The van der Waals surface area contributed by atoms with E-state index < -0.39 is 11.2 Å². The van der Waals surface area contributed by atoms with Gasteiger partial charge >= 0.3 is 5.69 Å². The summed E-state index contributed by atoms with van der Waals surface area (Å²) < 4.78 is 1.41. The van der Waals surface area contributed by atoms with Crippen molar-refractivity contribution in [1.29, 1.82) is 0 Å². The number of aromatic nitrogens is 2. The Labute approximate surface area is 193 Å². The van der Waals surface area contributed by atoms with Crippen LogP contribution in [0.2, 0.25) is 0 Å². The molecule has 2 aromatic rings. The van der Waals surface area contributed by atoms with E-state index in [0.717, 1.165) is 29.8 Å². The number of thioether (sulfide) groups is 1. The molecule has 1 aromatic heterocycles. The van der Waals surface area contributed by atoms with Crippen LogP contribution in [0, 0.1) is 5.92 Å². The summed E-state index contributed by atoms with van der Waals surface area (Å²) >= 11 is 1.56. The molecule has 0 saturated carbocycles. The van der Waals surface area contributed by atoms with Gasteiger partial charge in [-0.2, -0.15) is 0 Å².